The second kappa shape index (κ2) is 10.5. The summed E-state index contributed by atoms with van der Waals surface area (Å²) in [6, 6.07) is 12.7. The van der Waals surface area contributed by atoms with Crippen LogP contribution in [0.4, 0.5) is 0 Å². The van der Waals surface area contributed by atoms with E-state index in [-0.39, 0.29) is 11.9 Å². The molecule has 5 heteroatoms. The molecule has 0 aromatic heterocycles. The van der Waals surface area contributed by atoms with Crippen LogP contribution in [-0.2, 0) is 24.3 Å². The van der Waals surface area contributed by atoms with Crippen molar-refractivity contribution in [3.8, 4) is 11.5 Å². The number of hydrogen-bond acceptors (Lipinski definition) is 4. The lowest BCUT2D eigenvalue weighted by atomic mass is 9.97. The Morgan fingerprint density at radius 2 is 1.97 bits per heavy atom. The van der Waals surface area contributed by atoms with Gasteiger partial charge in [0.1, 0.15) is 0 Å². The van der Waals surface area contributed by atoms with Gasteiger partial charge < -0.3 is 14.8 Å². The number of ether oxygens (including phenoxy) is 2. The Labute approximate surface area is 186 Å². The van der Waals surface area contributed by atoms with E-state index in [0.29, 0.717) is 12.5 Å². The SMILES string of the molecule is C=CC(C)COc1ccc2c(c1OC)CCN(Cc1ccc([C@H](C)NC(C)=O)cc1)C2. The number of nitrogens with zero attached hydrogens (tertiary/aromatic N) is 1. The monoisotopic (exact) mass is 422 g/mol. The highest BCUT2D eigenvalue weighted by atomic mass is 16.5. The average Bonchev–Trinajstić information content (AvgIpc) is 2.76. The number of amides is 1. The number of methoxy groups -OCH3 is 1. The summed E-state index contributed by atoms with van der Waals surface area (Å²) in [7, 11) is 1.72. The molecule has 5 nitrogen and oxygen atoms in total. The van der Waals surface area contributed by atoms with E-state index < -0.39 is 0 Å². The molecule has 0 aliphatic carbocycles. The highest BCUT2D eigenvalue weighted by Gasteiger charge is 2.22. The first-order valence-electron chi connectivity index (χ1n) is 10.9. The van der Waals surface area contributed by atoms with E-state index in [1.165, 1.54) is 16.7 Å². The van der Waals surface area contributed by atoms with Crippen LogP contribution in [0, 0.1) is 5.92 Å². The van der Waals surface area contributed by atoms with Gasteiger partial charge in [-0.05, 0) is 36.1 Å². The van der Waals surface area contributed by atoms with Crippen LogP contribution in [0.25, 0.3) is 0 Å². The van der Waals surface area contributed by atoms with Crippen LogP contribution in [0.3, 0.4) is 0 Å². The number of carbonyl (C=O) groups is 1. The summed E-state index contributed by atoms with van der Waals surface area (Å²) in [5, 5.41) is 2.93. The molecule has 1 unspecified atom stereocenters. The highest BCUT2D eigenvalue weighted by molar-refractivity contribution is 5.73. The van der Waals surface area contributed by atoms with Gasteiger partial charge in [0.25, 0.3) is 0 Å². The van der Waals surface area contributed by atoms with Crippen molar-refractivity contribution in [2.45, 2.75) is 46.3 Å². The molecule has 166 valence electrons. The van der Waals surface area contributed by atoms with Gasteiger partial charge in [0, 0.05) is 38.0 Å². The Bertz CT molecular complexity index is 908. The smallest absolute Gasteiger partial charge is 0.217 e. The third kappa shape index (κ3) is 5.88. The Balaban J connectivity index is 1.65. The Kier molecular flexibility index (Phi) is 7.75. The molecule has 1 heterocycles. The molecule has 1 amide bonds. The van der Waals surface area contributed by atoms with Crippen molar-refractivity contribution in [1.82, 2.24) is 10.2 Å². The number of fused-ring (bicyclic) bond motifs is 1. The third-order valence-corrected chi connectivity index (χ3v) is 5.81. The zero-order chi connectivity index (χ0) is 22.4. The second-order valence-corrected chi connectivity index (χ2v) is 8.38. The largest absolute Gasteiger partial charge is 0.493 e. The molecular weight excluding hydrogens is 388 g/mol. The molecule has 2 aromatic carbocycles. The summed E-state index contributed by atoms with van der Waals surface area (Å²) in [6.45, 7) is 12.8. The van der Waals surface area contributed by atoms with E-state index in [1.54, 1.807) is 14.0 Å². The lowest BCUT2D eigenvalue weighted by Crippen LogP contribution is -2.30. The molecule has 0 saturated carbocycles. The second-order valence-electron chi connectivity index (χ2n) is 8.38. The molecule has 1 aliphatic rings. The Hall–Kier alpha value is -2.79. The van der Waals surface area contributed by atoms with Crippen molar-refractivity contribution in [1.29, 1.82) is 0 Å². The van der Waals surface area contributed by atoms with Crippen molar-refractivity contribution in [2.24, 2.45) is 5.92 Å². The minimum Gasteiger partial charge on any atom is -0.493 e. The molecule has 2 atom stereocenters. The predicted octanol–water partition coefficient (Wildman–Crippen LogP) is 4.65. The Morgan fingerprint density at radius 1 is 1.23 bits per heavy atom. The standard InChI is InChI=1S/C26H34N2O3/c1-6-18(2)17-31-25-12-11-23-16-28(14-13-24(23)26(25)30-5)15-21-7-9-22(10-8-21)19(3)27-20(4)29/h6-12,18-19H,1,13-17H2,2-5H3,(H,27,29)/t18?,19-/m0/s1. The molecule has 0 spiro atoms. The molecule has 0 bridgehead atoms. The van der Waals surface area contributed by atoms with Gasteiger partial charge in [-0.3, -0.25) is 9.69 Å². The van der Waals surface area contributed by atoms with Gasteiger partial charge in [-0.15, -0.1) is 6.58 Å². The van der Waals surface area contributed by atoms with Crippen molar-refractivity contribution >= 4 is 5.91 Å². The summed E-state index contributed by atoms with van der Waals surface area (Å²) in [4.78, 5) is 13.7. The maximum Gasteiger partial charge on any atom is 0.217 e. The fourth-order valence-corrected chi connectivity index (χ4v) is 3.98. The van der Waals surface area contributed by atoms with E-state index in [2.05, 4.69) is 54.1 Å². The van der Waals surface area contributed by atoms with Crippen LogP contribution in [0.15, 0.2) is 49.1 Å². The summed E-state index contributed by atoms with van der Waals surface area (Å²) < 4.78 is 11.7. The van der Waals surface area contributed by atoms with Crippen LogP contribution in [0.2, 0.25) is 0 Å². The number of rotatable bonds is 9. The molecule has 0 radical (unpaired) electrons. The average molecular weight is 423 g/mol. The molecule has 1 aliphatic heterocycles. The van der Waals surface area contributed by atoms with Crippen molar-refractivity contribution in [3.63, 3.8) is 0 Å². The van der Waals surface area contributed by atoms with Gasteiger partial charge in [-0.2, -0.15) is 0 Å². The molecule has 3 rings (SSSR count). The van der Waals surface area contributed by atoms with Gasteiger partial charge in [0.2, 0.25) is 5.91 Å². The molecule has 0 fully saturated rings. The number of carbonyl (C=O) groups excluding carboxylic acids is 1. The van der Waals surface area contributed by atoms with E-state index in [4.69, 9.17) is 9.47 Å². The highest BCUT2D eigenvalue weighted by Crippen LogP contribution is 2.37. The van der Waals surface area contributed by atoms with E-state index in [1.807, 2.05) is 19.1 Å². The predicted molar refractivity (Wildman–Crippen MR) is 124 cm³/mol. The number of benzene rings is 2. The molecular formula is C26H34N2O3. The zero-order valence-electron chi connectivity index (χ0n) is 19.1. The lowest BCUT2D eigenvalue weighted by Gasteiger charge is -2.30. The van der Waals surface area contributed by atoms with E-state index in [9.17, 15) is 4.79 Å². The lowest BCUT2D eigenvalue weighted by molar-refractivity contribution is -0.119. The van der Waals surface area contributed by atoms with Gasteiger partial charge in [-0.25, -0.2) is 0 Å². The first-order chi connectivity index (χ1) is 14.9. The van der Waals surface area contributed by atoms with Crippen LogP contribution in [0.1, 0.15) is 49.1 Å². The van der Waals surface area contributed by atoms with Crippen molar-refractivity contribution in [3.05, 3.63) is 71.3 Å². The topological polar surface area (TPSA) is 50.8 Å². The van der Waals surface area contributed by atoms with E-state index in [0.717, 1.165) is 43.1 Å². The van der Waals surface area contributed by atoms with Gasteiger partial charge in [0.05, 0.1) is 19.8 Å². The van der Waals surface area contributed by atoms with Crippen molar-refractivity contribution < 1.29 is 14.3 Å². The van der Waals surface area contributed by atoms with Crippen LogP contribution < -0.4 is 14.8 Å². The zero-order valence-corrected chi connectivity index (χ0v) is 19.1. The molecule has 31 heavy (non-hydrogen) atoms. The molecule has 1 N–H and O–H groups in total. The summed E-state index contributed by atoms with van der Waals surface area (Å²) in [5.74, 6) is 1.96. The fourth-order valence-electron chi connectivity index (χ4n) is 3.98. The number of nitrogens with one attached hydrogen (secondary N) is 1. The number of hydrogen-bond donors (Lipinski definition) is 1. The van der Waals surface area contributed by atoms with Gasteiger partial charge in [-0.1, -0.05) is 43.3 Å². The van der Waals surface area contributed by atoms with Crippen LogP contribution in [-0.4, -0.2) is 31.1 Å². The summed E-state index contributed by atoms with van der Waals surface area (Å²) in [6.07, 6.45) is 2.83. The molecule has 0 saturated heterocycles. The van der Waals surface area contributed by atoms with Crippen LogP contribution in [0.5, 0.6) is 11.5 Å². The quantitative estimate of drug-likeness (QED) is 0.598. The fraction of sp³-hybridized carbons (Fsp3) is 0.423. The minimum atomic E-state index is -0.0113. The van der Waals surface area contributed by atoms with Gasteiger partial charge in [0.15, 0.2) is 11.5 Å². The van der Waals surface area contributed by atoms with Gasteiger partial charge >= 0.3 is 0 Å². The third-order valence-electron chi connectivity index (χ3n) is 5.81. The first kappa shape index (κ1) is 22.9. The molecule has 2 aromatic rings. The minimum absolute atomic E-state index is 0.0113. The maximum absolute atomic E-state index is 11.3. The maximum atomic E-state index is 11.3. The Morgan fingerprint density at radius 3 is 2.61 bits per heavy atom. The summed E-state index contributed by atoms with van der Waals surface area (Å²) in [5.41, 5.74) is 4.93. The van der Waals surface area contributed by atoms with E-state index >= 15 is 0 Å². The first-order valence-corrected chi connectivity index (χ1v) is 10.9. The summed E-state index contributed by atoms with van der Waals surface area (Å²) >= 11 is 0. The normalized spacial score (nSPS) is 15.5. The van der Waals surface area contributed by atoms with Crippen molar-refractivity contribution in [2.75, 3.05) is 20.3 Å². The van der Waals surface area contributed by atoms with Crippen LogP contribution >= 0.6 is 0 Å².